The number of aryl methyl sites for hydroxylation is 1. The first kappa shape index (κ1) is 26.3. The van der Waals surface area contributed by atoms with E-state index in [0.29, 0.717) is 27.6 Å². The number of hydrogen-bond donors (Lipinski definition) is 2. The highest BCUT2D eigenvalue weighted by atomic mass is 32.2. The van der Waals surface area contributed by atoms with Crippen molar-refractivity contribution in [1.29, 1.82) is 0 Å². The zero-order chi connectivity index (χ0) is 26.9. The van der Waals surface area contributed by atoms with E-state index < -0.39 is 21.3 Å². The van der Waals surface area contributed by atoms with Gasteiger partial charge in [-0.2, -0.15) is 8.42 Å². The summed E-state index contributed by atoms with van der Waals surface area (Å²) < 4.78 is 43.0. The zero-order valence-corrected chi connectivity index (χ0v) is 21.9. The molecule has 4 rings (SSSR count). The first-order valence-electron chi connectivity index (χ1n) is 11.7. The number of rotatable bonds is 8. The van der Waals surface area contributed by atoms with Crippen molar-refractivity contribution < 1.29 is 27.6 Å². The number of fused-ring (bicyclic) bond motifs is 1. The monoisotopic (exact) mass is 523 g/mol. The highest BCUT2D eigenvalue weighted by Crippen LogP contribution is 2.44. The molecular formula is C27H29N3O6S. The van der Waals surface area contributed by atoms with Crippen molar-refractivity contribution in [2.24, 2.45) is 7.05 Å². The number of pyridine rings is 1. The van der Waals surface area contributed by atoms with E-state index in [1.165, 1.54) is 0 Å². The maximum absolute atomic E-state index is 13.4. The molecule has 0 amide bonds. The molecule has 0 spiro atoms. The molecule has 4 aromatic rings. The Labute approximate surface area is 215 Å². The summed E-state index contributed by atoms with van der Waals surface area (Å²) in [7, 11) is 0.539. The second kappa shape index (κ2) is 10.3. The first-order valence-corrected chi connectivity index (χ1v) is 13.2. The van der Waals surface area contributed by atoms with E-state index in [-0.39, 0.29) is 35.7 Å². The van der Waals surface area contributed by atoms with Crippen LogP contribution in [0.25, 0.3) is 22.0 Å². The minimum Gasteiger partial charge on any atom is -0.507 e. The van der Waals surface area contributed by atoms with Gasteiger partial charge in [0.05, 0.1) is 23.4 Å². The van der Waals surface area contributed by atoms with Crippen molar-refractivity contribution in [3.63, 3.8) is 0 Å². The molecule has 0 radical (unpaired) electrons. The average Bonchev–Trinajstić information content (AvgIpc) is 3.13. The Morgan fingerprint density at radius 3 is 2.43 bits per heavy atom. The molecule has 0 saturated carbocycles. The Kier molecular flexibility index (Phi) is 7.35. The lowest BCUT2D eigenvalue weighted by atomic mass is 9.95. The summed E-state index contributed by atoms with van der Waals surface area (Å²) in [5, 5.41) is 10.3. The van der Waals surface area contributed by atoms with Gasteiger partial charge >= 0.3 is 5.97 Å². The second-order valence-electron chi connectivity index (χ2n) is 8.97. The predicted molar refractivity (Wildman–Crippen MR) is 141 cm³/mol. The van der Waals surface area contributed by atoms with Crippen molar-refractivity contribution in [3.05, 3.63) is 83.3 Å². The zero-order valence-electron chi connectivity index (χ0n) is 21.0. The molecule has 0 fully saturated rings. The fraction of sp³-hybridized carbons (Fsp3) is 0.259. The van der Waals surface area contributed by atoms with Crippen molar-refractivity contribution in [3.8, 4) is 16.9 Å². The summed E-state index contributed by atoms with van der Waals surface area (Å²) in [5.41, 5.74) is 2.36. The number of nitrogens with zero attached hydrogens (tertiary/aromatic N) is 3. The Morgan fingerprint density at radius 2 is 1.86 bits per heavy atom. The van der Waals surface area contributed by atoms with Gasteiger partial charge in [-0.1, -0.05) is 36.4 Å². The largest absolute Gasteiger partial charge is 0.507 e. The van der Waals surface area contributed by atoms with Crippen LogP contribution in [0.4, 0.5) is 0 Å². The number of hydrogen-bond acceptors (Lipinski definition) is 7. The molecular weight excluding hydrogens is 494 g/mol. The quantitative estimate of drug-likeness (QED) is 0.261. The second-order valence-corrected chi connectivity index (χ2v) is 10.5. The number of carbonyl (C=O) groups is 1. The van der Waals surface area contributed by atoms with Gasteiger partial charge in [0.1, 0.15) is 5.75 Å². The van der Waals surface area contributed by atoms with Crippen LogP contribution in [0.2, 0.25) is 0 Å². The van der Waals surface area contributed by atoms with Gasteiger partial charge in [-0.05, 0) is 38.7 Å². The lowest BCUT2D eigenvalue weighted by Crippen LogP contribution is -2.20. The first-order chi connectivity index (χ1) is 17.6. The van der Waals surface area contributed by atoms with Crippen LogP contribution in [0, 0.1) is 0 Å². The van der Waals surface area contributed by atoms with Gasteiger partial charge in [0.25, 0.3) is 10.1 Å². The fourth-order valence-corrected chi connectivity index (χ4v) is 5.77. The topological polar surface area (TPSA) is 122 Å². The van der Waals surface area contributed by atoms with Crippen LogP contribution in [-0.2, 0) is 28.4 Å². The number of phenolic OH excluding ortho intramolecular Hbond substituents is 1. The van der Waals surface area contributed by atoms with Gasteiger partial charge in [0.15, 0.2) is 5.25 Å². The van der Waals surface area contributed by atoms with Crippen molar-refractivity contribution in [2.75, 3.05) is 20.7 Å². The van der Waals surface area contributed by atoms with Gasteiger partial charge in [-0.25, -0.2) is 4.79 Å². The third kappa shape index (κ3) is 4.95. The van der Waals surface area contributed by atoms with Gasteiger partial charge < -0.3 is 19.3 Å². The highest BCUT2D eigenvalue weighted by Gasteiger charge is 2.37. The van der Waals surface area contributed by atoms with Crippen molar-refractivity contribution >= 4 is 27.0 Å². The molecule has 2 aromatic heterocycles. The molecule has 0 saturated heterocycles. The SMILES string of the molecule is CCOC(=O)c1c(C(c2ccccc2)S(=O)(=O)O)n(C)c2cc(-c3cccnc3)c(O)c(CN(C)C)c12. The van der Waals surface area contributed by atoms with Crippen LogP contribution in [0.1, 0.15) is 39.4 Å². The van der Waals surface area contributed by atoms with Crippen molar-refractivity contribution in [1.82, 2.24) is 14.5 Å². The Morgan fingerprint density at radius 1 is 1.16 bits per heavy atom. The molecule has 1 atom stereocenters. The number of aromatic hydroxyl groups is 1. The lowest BCUT2D eigenvalue weighted by Gasteiger charge is -2.18. The third-order valence-corrected chi connectivity index (χ3v) is 7.27. The van der Waals surface area contributed by atoms with Crippen LogP contribution in [0.15, 0.2) is 60.9 Å². The van der Waals surface area contributed by atoms with Gasteiger partial charge in [0.2, 0.25) is 0 Å². The summed E-state index contributed by atoms with van der Waals surface area (Å²) in [4.78, 5) is 19.4. The molecule has 0 aliphatic heterocycles. The van der Waals surface area contributed by atoms with E-state index in [1.807, 2.05) is 19.0 Å². The standard InChI is InChI=1S/C27H29N3O6S/c1-5-36-27(32)23-22-20(16-29(2)3)25(31)19(18-12-9-13-28-15-18)14-21(22)30(4)24(23)26(37(33,34)35)17-10-7-6-8-11-17/h6-15,26,31H,5,16H2,1-4H3,(H,33,34,35). The summed E-state index contributed by atoms with van der Waals surface area (Å²) >= 11 is 0. The molecule has 0 bridgehead atoms. The van der Waals surface area contributed by atoms with E-state index in [2.05, 4.69) is 4.98 Å². The summed E-state index contributed by atoms with van der Waals surface area (Å²) in [6.45, 7) is 1.95. The summed E-state index contributed by atoms with van der Waals surface area (Å²) in [5.74, 6) is -0.804. The molecule has 2 N–H and O–H groups in total. The maximum atomic E-state index is 13.4. The molecule has 9 nitrogen and oxygen atoms in total. The molecule has 0 aliphatic rings. The molecule has 37 heavy (non-hydrogen) atoms. The Hall–Kier alpha value is -3.73. The highest BCUT2D eigenvalue weighted by molar-refractivity contribution is 7.86. The van der Waals surface area contributed by atoms with E-state index in [1.54, 1.807) is 79.5 Å². The molecule has 194 valence electrons. The summed E-state index contributed by atoms with van der Waals surface area (Å²) in [6, 6.07) is 13.4. The minimum atomic E-state index is -4.73. The van der Waals surface area contributed by atoms with Crippen LogP contribution in [-0.4, -0.2) is 59.2 Å². The Bertz CT molecular complexity index is 1550. The van der Waals surface area contributed by atoms with Crippen LogP contribution >= 0.6 is 0 Å². The average molecular weight is 524 g/mol. The lowest BCUT2D eigenvalue weighted by molar-refractivity contribution is 0.0527. The number of phenols is 1. The summed E-state index contributed by atoms with van der Waals surface area (Å²) in [6.07, 6.45) is 3.23. The molecule has 0 aliphatic carbocycles. The normalized spacial score (nSPS) is 12.7. The van der Waals surface area contributed by atoms with E-state index >= 15 is 0 Å². The predicted octanol–water partition coefficient (Wildman–Crippen LogP) is 4.16. The minimum absolute atomic E-state index is 0.0179. The number of aromatic nitrogens is 2. The van der Waals surface area contributed by atoms with Crippen molar-refractivity contribution in [2.45, 2.75) is 18.7 Å². The fourth-order valence-electron chi connectivity index (χ4n) is 4.71. The van der Waals surface area contributed by atoms with Crippen LogP contribution < -0.4 is 0 Å². The number of carbonyl (C=O) groups excluding carboxylic acids is 1. The smallest absolute Gasteiger partial charge is 0.340 e. The number of benzene rings is 2. The van der Waals surface area contributed by atoms with E-state index in [0.717, 1.165) is 0 Å². The maximum Gasteiger partial charge on any atom is 0.340 e. The molecule has 10 heteroatoms. The number of esters is 1. The van der Waals surface area contributed by atoms with Gasteiger partial charge in [-0.3, -0.25) is 9.54 Å². The molecule has 2 heterocycles. The third-order valence-electron chi connectivity index (χ3n) is 6.18. The van der Waals surface area contributed by atoms with E-state index in [9.17, 15) is 22.9 Å². The van der Waals surface area contributed by atoms with E-state index in [4.69, 9.17) is 4.74 Å². The number of ether oxygens (including phenoxy) is 1. The Balaban J connectivity index is 2.20. The molecule has 1 unspecified atom stereocenters. The van der Waals surface area contributed by atoms with Gasteiger partial charge in [-0.15, -0.1) is 0 Å². The van der Waals surface area contributed by atoms with Crippen LogP contribution in [0.5, 0.6) is 5.75 Å². The molecule has 2 aromatic carbocycles. The van der Waals surface area contributed by atoms with Crippen LogP contribution in [0.3, 0.4) is 0 Å². The van der Waals surface area contributed by atoms with Gasteiger partial charge in [0, 0.05) is 48.1 Å².